The van der Waals surface area contributed by atoms with Crippen LogP contribution in [0.5, 0.6) is 0 Å². The third kappa shape index (κ3) is 3.90. The lowest BCUT2D eigenvalue weighted by atomic mass is 9.71. The Kier molecular flexibility index (Phi) is 4.93. The second-order valence-electron chi connectivity index (χ2n) is 9.20. The molecule has 2 aromatic carbocycles. The molecule has 2 aromatic rings. The van der Waals surface area contributed by atoms with Crippen LogP contribution in [0.15, 0.2) is 54.2 Å². The lowest BCUT2D eigenvalue weighted by Gasteiger charge is -2.36. The average Bonchev–Trinajstić information content (AvgIpc) is 3.12. The number of rotatable bonds is 3. The van der Waals surface area contributed by atoms with Crippen molar-refractivity contribution in [2.24, 2.45) is 5.41 Å². The number of para-hydroxylation sites is 1. The van der Waals surface area contributed by atoms with E-state index in [0.717, 1.165) is 22.2 Å². The maximum atomic E-state index is 14.3. The summed E-state index contributed by atoms with van der Waals surface area (Å²) in [6.45, 7) is 6.30. The van der Waals surface area contributed by atoms with Crippen LogP contribution in [0.1, 0.15) is 57.8 Å². The van der Waals surface area contributed by atoms with Crippen LogP contribution in [0.25, 0.3) is 0 Å². The first-order chi connectivity index (χ1) is 15.9. The zero-order chi connectivity index (χ0) is 25.0. The first kappa shape index (κ1) is 19.5. The molecule has 168 valence electrons. The molecule has 0 saturated heterocycles. The minimum atomic E-state index is -2.23. The van der Waals surface area contributed by atoms with E-state index in [9.17, 15) is 14.0 Å². The maximum absolute atomic E-state index is 14.3. The second-order valence-corrected chi connectivity index (χ2v) is 9.20. The number of nitrogens with one attached hydrogen (secondary N) is 1. The van der Waals surface area contributed by atoms with Gasteiger partial charge in [-0.2, -0.15) is 0 Å². The zero-order valence-corrected chi connectivity index (χ0v) is 18.9. The van der Waals surface area contributed by atoms with Crippen molar-refractivity contribution < 1.29 is 21.5 Å². The van der Waals surface area contributed by atoms with Gasteiger partial charge in [-0.05, 0) is 55.5 Å². The molecule has 2 aliphatic heterocycles. The highest BCUT2D eigenvalue weighted by Gasteiger charge is 2.48. The molecule has 0 aliphatic carbocycles. The first-order valence-electron chi connectivity index (χ1n) is 11.7. The molecule has 0 spiro atoms. The molecule has 1 N–H and O–H groups in total. The van der Waals surface area contributed by atoms with Gasteiger partial charge in [0, 0.05) is 29.9 Å². The van der Waals surface area contributed by atoms with Crippen LogP contribution >= 0.6 is 0 Å². The predicted molar refractivity (Wildman–Crippen MR) is 122 cm³/mol. The van der Waals surface area contributed by atoms with E-state index >= 15 is 0 Å². The molecule has 0 bridgehead atoms. The van der Waals surface area contributed by atoms with Crippen LogP contribution in [0.2, 0.25) is 0 Å². The van der Waals surface area contributed by atoms with Crippen molar-refractivity contribution in [1.29, 1.82) is 0 Å². The minimum absolute atomic E-state index is 0.00368. The Hall–Kier alpha value is -3.15. The molecular weight excluding hydrogens is 407 g/mol. The van der Waals surface area contributed by atoms with Crippen molar-refractivity contribution in [3.8, 4) is 0 Å². The Balaban J connectivity index is 1.91. The van der Waals surface area contributed by atoms with Gasteiger partial charge in [-0.1, -0.05) is 38.1 Å². The Bertz CT molecular complexity index is 1190. The van der Waals surface area contributed by atoms with Gasteiger partial charge in [0.05, 0.1) is 20.5 Å². The number of amides is 1. The summed E-state index contributed by atoms with van der Waals surface area (Å²) in [5.74, 6) is -2.40. The van der Waals surface area contributed by atoms with Crippen LogP contribution in [0, 0.1) is 18.2 Å². The minimum Gasteiger partial charge on any atom is -0.460 e. The number of anilines is 1. The largest absolute Gasteiger partial charge is 0.460 e. The number of hydrogen-bond acceptors (Lipinski definition) is 4. The highest BCUT2D eigenvalue weighted by molar-refractivity contribution is 5.97. The number of esters is 1. The Morgan fingerprint density at radius 3 is 2.66 bits per heavy atom. The SMILES string of the molecule is [2H]C1([2H])N(C(=O)c2ccc(C)c(F)c2)C=C(C(=O)OC(C)C)C2Nc3ccccc3C2C1(C)C. The number of halogens is 1. The third-order valence-corrected chi connectivity index (χ3v) is 5.95. The molecule has 0 saturated carbocycles. The van der Waals surface area contributed by atoms with Crippen molar-refractivity contribution >= 4 is 17.6 Å². The number of carbonyl (C=O) groups is 2. The van der Waals surface area contributed by atoms with Crippen LogP contribution in [-0.2, 0) is 9.53 Å². The molecule has 0 aromatic heterocycles. The molecule has 5 nitrogen and oxygen atoms in total. The van der Waals surface area contributed by atoms with Crippen LogP contribution in [0.3, 0.4) is 0 Å². The highest BCUT2D eigenvalue weighted by atomic mass is 19.1. The van der Waals surface area contributed by atoms with E-state index in [2.05, 4.69) is 5.32 Å². The van der Waals surface area contributed by atoms with E-state index in [1.54, 1.807) is 34.6 Å². The highest BCUT2D eigenvalue weighted by Crippen LogP contribution is 2.50. The first-order valence-corrected chi connectivity index (χ1v) is 10.7. The van der Waals surface area contributed by atoms with Gasteiger partial charge in [0.25, 0.3) is 5.91 Å². The normalized spacial score (nSPS) is 23.7. The van der Waals surface area contributed by atoms with E-state index in [-0.39, 0.29) is 11.1 Å². The maximum Gasteiger partial charge on any atom is 0.337 e. The van der Waals surface area contributed by atoms with Crippen LogP contribution < -0.4 is 5.32 Å². The number of hydrogen-bond donors (Lipinski definition) is 1. The standard InChI is InChI=1S/C26H29FN2O3/c1-15(2)32-25(31)19-13-29(24(30)17-11-10-16(3)20(27)12-17)14-26(4,5)22-18-8-6-7-9-21(18)28-23(19)22/h6-13,15,22-23,28H,14H2,1-5H3/i14D2. The van der Waals surface area contributed by atoms with Gasteiger partial charge >= 0.3 is 5.97 Å². The summed E-state index contributed by atoms with van der Waals surface area (Å²) in [5.41, 5.74) is 1.04. The lowest BCUT2D eigenvalue weighted by Crippen LogP contribution is -2.39. The summed E-state index contributed by atoms with van der Waals surface area (Å²) >= 11 is 0. The van der Waals surface area contributed by atoms with Gasteiger partial charge in [-0.15, -0.1) is 0 Å². The van der Waals surface area contributed by atoms with Gasteiger partial charge in [0.1, 0.15) is 5.82 Å². The fraction of sp³-hybridized carbons (Fsp3) is 0.385. The summed E-state index contributed by atoms with van der Waals surface area (Å²) in [6.07, 6.45) is 0.842. The second kappa shape index (κ2) is 8.08. The molecule has 4 rings (SSSR count). The molecule has 0 fully saturated rings. The van der Waals surface area contributed by atoms with Gasteiger partial charge < -0.3 is 15.0 Å². The number of benzene rings is 2. The molecule has 32 heavy (non-hydrogen) atoms. The molecule has 0 radical (unpaired) electrons. The molecule has 2 heterocycles. The molecule has 2 unspecified atom stereocenters. The number of carbonyl (C=O) groups excluding carboxylic acids is 2. The average molecular weight is 439 g/mol. The Morgan fingerprint density at radius 1 is 1.25 bits per heavy atom. The summed E-state index contributed by atoms with van der Waals surface area (Å²) in [7, 11) is 0. The number of nitrogens with zero attached hydrogens (tertiary/aromatic N) is 1. The fourth-order valence-corrected chi connectivity index (χ4v) is 4.46. The van der Waals surface area contributed by atoms with E-state index in [1.807, 2.05) is 24.3 Å². The van der Waals surface area contributed by atoms with Gasteiger partial charge in [-0.25, -0.2) is 9.18 Å². The van der Waals surface area contributed by atoms with Gasteiger partial charge in [0.15, 0.2) is 0 Å². The Morgan fingerprint density at radius 2 is 1.97 bits per heavy atom. The zero-order valence-electron chi connectivity index (χ0n) is 20.9. The van der Waals surface area contributed by atoms with E-state index in [4.69, 9.17) is 7.48 Å². The monoisotopic (exact) mass is 438 g/mol. The van der Waals surface area contributed by atoms with Crippen molar-refractivity contribution in [1.82, 2.24) is 4.90 Å². The van der Waals surface area contributed by atoms with Crippen molar-refractivity contribution in [3.05, 3.63) is 76.7 Å². The molecular formula is C26H29FN2O3. The van der Waals surface area contributed by atoms with E-state index in [0.29, 0.717) is 5.56 Å². The van der Waals surface area contributed by atoms with Crippen LogP contribution in [0.4, 0.5) is 10.1 Å². The van der Waals surface area contributed by atoms with Crippen molar-refractivity contribution in [2.45, 2.75) is 52.7 Å². The molecule has 2 aliphatic rings. The van der Waals surface area contributed by atoms with E-state index in [1.165, 1.54) is 18.3 Å². The smallest absolute Gasteiger partial charge is 0.337 e. The summed E-state index contributed by atoms with van der Waals surface area (Å²) < 4.78 is 38.0. The summed E-state index contributed by atoms with van der Waals surface area (Å²) in [4.78, 5) is 27.7. The quantitative estimate of drug-likeness (QED) is 0.683. The molecule has 1 amide bonds. The summed E-state index contributed by atoms with van der Waals surface area (Å²) in [6, 6.07) is 11.0. The topological polar surface area (TPSA) is 58.6 Å². The number of aryl methyl sites for hydroxylation is 1. The number of fused-ring (bicyclic) bond motifs is 3. The van der Waals surface area contributed by atoms with Gasteiger partial charge in [0.2, 0.25) is 0 Å². The van der Waals surface area contributed by atoms with Gasteiger partial charge in [-0.3, -0.25) is 4.79 Å². The van der Waals surface area contributed by atoms with Crippen LogP contribution in [-0.4, -0.2) is 35.4 Å². The molecule has 2 atom stereocenters. The molecule has 6 heteroatoms. The summed E-state index contributed by atoms with van der Waals surface area (Å²) in [5, 5.41) is 3.36. The third-order valence-electron chi connectivity index (χ3n) is 5.95. The van der Waals surface area contributed by atoms with E-state index < -0.39 is 47.7 Å². The fourth-order valence-electron chi connectivity index (χ4n) is 4.46. The predicted octanol–water partition coefficient (Wildman–Crippen LogP) is 5.03. The van der Waals surface area contributed by atoms with Crippen molar-refractivity contribution in [2.75, 3.05) is 11.8 Å². The number of ether oxygens (including phenoxy) is 1. The van der Waals surface area contributed by atoms with Crippen molar-refractivity contribution in [3.63, 3.8) is 0 Å². The Labute approximate surface area is 191 Å². The lowest BCUT2D eigenvalue weighted by molar-refractivity contribution is -0.143.